The molecule has 0 radical (unpaired) electrons. The summed E-state index contributed by atoms with van der Waals surface area (Å²) >= 11 is 0. The fourth-order valence-electron chi connectivity index (χ4n) is 2.30. The molecule has 0 spiro atoms. The molecular weight excluding hydrogens is 230 g/mol. The van der Waals surface area contributed by atoms with E-state index in [1.807, 2.05) is 0 Å². The van der Waals surface area contributed by atoms with Gasteiger partial charge in [0.1, 0.15) is 5.75 Å². The van der Waals surface area contributed by atoms with Crippen LogP contribution in [0, 0.1) is 0 Å². The molecule has 1 unspecified atom stereocenters. The van der Waals surface area contributed by atoms with Crippen LogP contribution in [-0.4, -0.2) is 46.6 Å². The van der Waals surface area contributed by atoms with Crippen LogP contribution in [0.4, 0.5) is 0 Å². The average Bonchev–Trinajstić information content (AvgIpc) is 2.39. The summed E-state index contributed by atoms with van der Waals surface area (Å²) < 4.78 is 0. The molecule has 2 rings (SSSR count). The zero-order valence-electron chi connectivity index (χ0n) is 10.6. The Labute approximate surface area is 107 Å². The summed E-state index contributed by atoms with van der Waals surface area (Å²) in [6, 6.07) is 1.70. The van der Waals surface area contributed by atoms with Gasteiger partial charge in [-0.3, -0.25) is 9.78 Å². The van der Waals surface area contributed by atoms with E-state index in [0.29, 0.717) is 5.56 Å². The van der Waals surface area contributed by atoms with Gasteiger partial charge in [-0.25, -0.2) is 0 Å². The summed E-state index contributed by atoms with van der Waals surface area (Å²) in [6.07, 6.45) is 4.89. The molecule has 1 saturated heterocycles. The second-order valence-corrected chi connectivity index (χ2v) is 4.60. The number of aromatic nitrogens is 1. The largest absolute Gasteiger partial charge is 0.505 e. The molecule has 2 N–H and O–H groups in total. The predicted molar refractivity (Wildman–Crippen MR) is 68.5 cm³/mol. The Morgan fingerprint density at radius 1 is 1.67 bits per heavy atom. The Bertz CT molecular complexity index is 422. The molecule has 1 amide bonds. The third-order valence-electron chi connectivity index (χ3n) is 3.33. The van der Waals surface area contributed by atoms with Gasteiger partial charge in [0.15, 0.2) is 0 Å². The van der Waals surface area contributed by atoms with Crippen LogP contribution in [0.2, 0.25) is 0 Å². The molecule has 1 aromatic heterocycles. The lowest BCUT2D eigenvalue weighted by molar-refractivity contribution is 0.0903. The number of piperidine rings is 1. The molecule has 0 bridgehead atoms. The van der Waals surface area contributed by atoms with E-state index >= 15 is 0 Å². The van der Waals surface area contributed by atoms with Crippen molar-refractivity contribution in [3.05, 3.63) is 24.0 Å². The molecule has 98 valence electrons. The highest BCUT2D eigenvalue weighted by Gasteiger charge is 2.21. The van der Waals surface area contributed by atoms with Crippen LogP contribution in [0.5, 0.6) is 5.75 Å². The molecule has 18 heavy (non-hydrogen) atoms. The van der Waals surface area contributed by atoms with Crippen molar-refractivity contribution in [1.82, 2.24) is 15.2 Å². The minimum atomic E-state index is -0.224. The van der Waals surface area contributed by atoms with Crippen molar-refractivity contribution in [1.29, 1.82) is 0 Å². The number of rotatable bonds is 3. The average molecular weight is 249 g/mol. The van der Waals surface area contributed by atoms with E-state index in [9.17, 15) is 9.90 Å². The molecule has 1 aromatic rings. The Morgan fingerprint density at radius 3 is 3.22 bits per heavy atom. The zero-order valence-corrected chi connectivity index (χ0v) is 10.6. The van der Waals surface area contributed by atoms with Gasteiger partial charge in [0.25, 0.3) is 5.91 Å². The van der Waals surface area contributed by atoms with E-state index in [4.69, 9.17) is 0 Å². The van der Waals surface area contributed by atoms with Crippen molar-refractivity contribution in [2.75, 3.05) is 19.6 Å². The summed E-state index contributed by atoms with van der Waals surface area (Å²) in [5.41, 5.74) is 0.290. The number of carbonyl (C=O) groups is 1. The van der Waals surface area contributed by atoms with Gasteiger partial charge in [0.05, 0.1) is 11.8 Å². The highest BCUT2D eigenvalue weighted by Crippen LogP contribution is 2.15. The second kappa shape index (κ2) is 5.82. The maximum atomic E-state index is 12.0. The van der Waals surface area contributed by atoms with Gasteiger partial charge in [-0.05, 0) is 32.0 Å². The van der Waals surface area contributed by atoms with Crippen LogP contribution in [0.25, 0.3) is 0 Å². The summed E-state index contributed by atoms with van der Waals surface area (Å²) in [4.78, 5) is 18.1. The molecule has 1 atom stereocenters. The van der Waals surface area contributed by atoms with Gasteiger partial charge >= 0.3 is 0 Å². The van der Waals surface area contributed by atoms with Gasteiger partial charge in [-0.1, -0.05) is 6.92 Å². The van der Waals surface area contributed by atoms with Crippen molar-refractivity contribution < 1.29 is 9.90 Å². The SMILES string of the molecule is CCN1CCCC(NC(=O)c2ccncc2O)C1. The number of aromatic hydroxyl groups is 1. The lowest BCUT2D eigenvalue weighted by atomic mass is 10.1. The first kappa shape index (κ1) is 12.8. The lowest BCUT2D eigenvalue weighted by Crippen LogP contribution is -2.47. The van der Waals surface area contributed by atoms with E-state index < -0.39 is 0 Å². The standard InChI is InChI=1S/C13H19N3O2/c1-2-16-7-3-4-10(9-16)15-13(18)11-5-6-14-8-12(11)17/h5-6,8,10,17H,2-4,7,9H2,1H3,(H,15,18). The monoisotopic (exact) mass is 249 g/mol. The molecule has 0 aliphatic carbocycles. The van der Waals surface area contributed by atoms with Crippen LogP contribution >= 0.6 is 0 Å². The summed E-state index contributed by atoms with van der Waals surface area (Å²) in [6.45, 7) is 5.11. The number of hydrogen-bond acceptors (Lipinski definition) is 4. The lowest BCUT2D eigenvalue weighted by Gasteiger charge is -2.32. The minimum Gasteiger partial charge on any atom is -0.505 e. The van der Waals surface area contributed by atoms with Gasteiger partial charge in [0.2, 0.25) is 0 Å². The van der Waals surface area contributed by atoms with Crippen molar-refractivity contribution in [2.24, 2.45) is 0 Å². The number of hydrogen-bond donors (Lipinski definition) is 2. The van der Waals surface area contributed by atoms with Crippen LogP contribution in [0.3, 0.4) is 0 Å². The number of amides is 1. The molecule has 5 heteroatoms. The number of nitrogens with zero attached hydrogens (tertiary/aromatic N) is 2. The molecule has 1 aliphatic heterocycles. The summed E-state index contributed by atoms with van der Waals surface area (Å²) in [7, 11) is 0. The molecule has 5 nitrogen and oxygen atoms in total. The Hall–Kier alpha value is -1.62. The maximum absolute atomic E-state index is 12.0. The highest BCUT2D eigenvalue weighted by atomic mass is 16.3. The molecular formula is C13H19N3O2. The first-order valence-corrected chi connectivity index (χ1v) is 6.37. The van der Waals surface area contributed by atoms with Gasteiger partial charge in [0, 0.05) is 18.8 Å². The molecule has 0 saturated carbocycles. The molecule has 0 aromatic carbocycles. The number of nitrogens with one attached hydrogen (secondary N) is 1. The zero-order chi connectivity index (χ0) is 13.0. The van der Waals surface area contributed by atoms with E-state index in [-0.39, 0.29) is 17.7 Å². The Balaban J connectivity index is 1.97. The van der Waals surface area contributed by atoms with E-state index in [1.54, 1.807) is 0 Å². The number of likely N-dealkylation sites (tertiary alicyclic amines) is 1. The van der Waals surface area contributed by atoms with E-state index in [0.717, 1.165) is 32.5 Å². The van der Waals surface area contributed by atoms with Crippen molar-refractivity contribution in [2.45, 2.75) is 25.8 Å². The molecule has 2 heterocycles. The second-order valence-electron chi connectivity index (χ2n) is 4.60. The van der Waals surface area contributed by atoms with Crippen molar-refractivity contribution in [3.8, 4) is 5.75 Å². The topological polar surface area (TPSA) is 65.5 Å². The Morgan fingerprint density at radius 2 is 2.50 bits per heavy atom. The van der Waals surface area contributed by atoms with Crippen LogP contribution in [0.15, 0.2) is 18.5 Å². The van der Waals surface area contributed by atoms with Gasteiger partial charge in [-0.2, -0.15) is 0 Å². The Kier molecular flexibility index (Phi) is 4.15. The number of pyridine rings is 1. The van der Waals surface area contributed by atoms with Crippen molar-refractivity contribution >= 4 is 5.91 Å². The quantitative estimate of drug-likeness (QED) is 0.839. The first-order chi connectivity index (χ1) is 8.70. The molecule has 1 fully saturated rings. The predicted octanol–water partition coefficient (Wildman–Crippen LogP) is 1.00. The fraction of sp³-hybridized carbons (Fsp3) is 0.538. The summed E-state index contributed by atoms with van der Waals surface area (Å²) in [5.74, 6) is -0.295. The first-order valence-electron chi connectivity index (χ1n) is 6.37. The van der Waals surface area contributed by atoms with Crippen LogP contribution < -0.4 is 5.32 Å². The van der Waals surface area contributed by atoms with Gasteiger partial charge in [-0.15, -0.1) is 0 Å². The third-order valence-corrected chi connectivity index (χ3v) is 3.33. The summed E-state index contributed by atoms with van der Waals surface area (Å²) in [5, 5.41) is 12.5. The van der Waals surface area contributed by atoms with Crippen molar-refractivity contribution in [3.63, 3.8) is 0 Å². The minimum absolute atomic E-state index is 0.0712. The van der Waals surface area contributed by atoms with E-state index in [2.05, 4.69) is 22.1 Å². The van der Waals surface area contributed by atoms with Gasteiger partial charge < -0.3 is 15.3 Å². The number of carbonyl (C=O) groups excluding carboxylic acids is 1. The fourth-order valence-corrected chi connectivity index (χ4v) is 2.30. The van der Waals surface area contributed by atoms with Crippen LogP contribution in [-0.2, 0) is 0 Å². The van der Waals surface area contributed by atoms with Crippen LogP contribution in [0.1, 0.15) is 30.1 Å². The van der Waals surface area contributed by atoms with E-state index in [1.165, 1.54) is 18.5 Å². The highest BCUT2D eigenvalue weighted by molar-refractivity contribution is 5.96. The normalized spacial score (nSPS) is 20.6. The molecule has 1 aliphatic rings. The maximum Gasteiger partial charge on any atom is 0.255 e. The number of likely N-dealkylation sites (N-methyl/N-ethyl adjacent to an activating group) is 1. The smallest absolute Gasteiger partial charge is 0.255 e. The third kappa shape index (κ3) is 2.98.